The zero-order valence-corrected chi connectivity index (χ0v) is 9.34. The fourth-order valence-electron chi connectivity index (χ4n) is 1.17. The van der Waals surface area contributed by atoms with E-state index in [2.05, 4.69) is 0 Å². The molecule has 1 rings (SSSR count). The van der Waals surface area contributed by atoms with Gasteiger partial charge in [-0.1, -0.05) is 13.0 Å². The number of aryl methyl sites for hydroxylation is 1. The maximum absolute atomic E-state index is 10.7. The monoisotopic (exact) mass is 225 g/mol. The summed E-state index contributed by atoms with van der Waals surface area (Å²) in [6.07, 6.45) is 0. The largest absolute Gasteiger partial charge is 0.486 e. The smallest absolute Gasteiger partial charge is 0.310 e. The average Bonchev–Trinajstić information content (AvgIpc) is 2.25. The van der Waals surface area contributed by atoms with Gasteiger partial charge >= 0.3 is 5.69 Å². The summed E-state index contributed by atoms with van der Waals surface area (Å²) < 4.78 is 5.33. The van der Waals surface area contributed by atoms with Gasteiger partial charge in [0, 0.05) is 18.6 Å². The Kier molecular flexibility index (Phi) is 4.25. The van der Waals surface area contributed by atoms with Gasteiger partial charge in [-0.15, -0.1) is 0 Å². The number of benzene rings is 1. The van der Waals surface area contributed by atoms with E-state index in [9.17, 15) is 10.1 Å². The minimum atomic E-state index is -0.474. The predicted octanol–water partition coefficient (Wildman–Crippen LogP) is 1.91. The molecule has 0 aliphatic heterocycles. The van der Waals surface area contributed by atoms with Crippen LogP contribution in [0.1, 0.15) is 12.5 Å². The lowest BCUT2D eigenvalue weighted by Crippen LogP contribution is -2.12. The molecule has 0 aliphatic carbocycles. The molecule has 5 nitrogen and oxygen atoms in total. The summed E-state index contributed by atoms with van der Waals surface area (Å²) in [7, 11) is 0. The van der Waals surface area contributed by atoms with Crippen LogP contribution in [0.15, 0.2) is 18.2 Å². The van der Waals surface area contributed by atoms with Gasteiger partial charge in [0.1, 0.15) is 0 Å². The molecule has 0 bridgehead atoms. The van der Waals surface area contributed by atoms with Gasteiger partial charge in [0.05, 0.1) is 11.5 Å². The van der Waals surface area contributed by atoms with Crippen LogP contribution < -0.4 is 4.74 Å². The van der Waals surface area contributed by atoms with Crippen molar-refractivity contribution in [3.8, 4) is 5.75 Å². The highest BCUT2D eigenvalue weighted by atomic mass is 16.6. The number of nitro benzene ring substituents is 1. The first kappa shape index (κ1) is 12.4. The van der Waals surface area contributed by atoms with E-state index in [0.29, 0.717) is 0 Å². The van der Waals surface area contributed by atoms with Crippen LogP contribution in [0, 0.1) is 23.0 Å². The topological polar surface area (TPSA) is 72.6 Å². The lowest BCUT2D eigenvalue weighted by atomic mass is 10.2. The van der Waals surface area contributed by atoms with Gasteiger partial charge in [-0.3, -0.25) is 10.1 Å². The summed E-state index contributed by atoms with van der Waals surface area (Å²) in [6.45, 7) is 3.91. The van der Waals surface area contributed by atoms with E-state index < -0.39 is 4.92 Å². The van der Waals surface area contributed by atoms with Crippen molar-refractivity contribution < 1.29 is 14.8 Å². The highest BCUT2D eigenvalue weighted by Crippen LogP contribution is 2.27. The number of hydrogen-bond donors (Lipinski definition) is 1. The Morgan fingerprint density at radius 3 is 2.81 bits per heavy atom. The molecule has 0 spiro atoms. The molecule has 5 heteroatoms. The SMILES string of the molecule is Cc1ccc([N+](=O)[O-])c(OCC(C)CO)c1. The molecule has 1 aromatic carbocycles. The van der Waals surface area contributed by atoms with Crippen molar-refractivity contribution in [2.24, 2.45) is 5.92 Å². The van der Waals surface area contributed by atoms with E-state index in [4.69, 9.17) is 9.84 Å². The second kappa shape index (κ2) is 5.46. The number of nitro groups is 1. The van der Waals surface area contributed by atoms with Crippen molar-refractivity contribution in [2.45, 2.75) is 13.8 Å². The first-order valence-corrected chi connectivity index (χ1v) is 5.03. The standard InChI is InChI=1S/C11H15NO4/c1-8-3-4-10(12(14)15)11(5-8)16-7-9(2)6-13/h3-5,9,13H,6-7H2,1-2H3. The van der Waals surface area contributed by atoms with Crippen molar-refractivity contribution in [1.82, 2.24) is 0 Å². The number of hydrogen-bond acceptors (Lipinski definition) is 4. The van der Waals surface area contributed by atoms with Gasteiger partial charge in [-0.05, 0) is 18.6 Å². The molecule has 16 heavy (non-hydrogen) atoms. The molecule has 1 atom stereocenters. The van der Waals surface area contributed by atoms with E-state index in [1.807, 2.05) is 13.8 Å². The van der Waals surface area contributed by atoms with Gasteiger partial charge < -0.3 is 9.84 Å². The Morgan fingerprint density at radius 2 is 2.25 bits per heavy atom. The zero-order valence-electron chi connectivity index (χ0n) is 9.34. The van der Waals surface area contributed by atoms with Crippen molar-refractivity contribution >= 4 is 5.69 Å². The van der Waals surface area contributed by atoms with Gasteiger partial charge in [0.2, 0.25) is 0 Å². The van der Waals surface area contributed by atoms with Crippen molar-refractivity contribution in [3.63, 3.8) is 0 Å². The fraction of sp³-hybridized carbons (Fsp3) is 0.455. The van der Waals surface area contributed by atoms with Crippen LogP contribution >= 0.6 is 0 Å². The van der Waals surface area contributed by atoms with E-state index in [0.717, 1.165) is 5.56 Å². The minimum absolute atomic E-state index is 0.000384. The summed E-state index contributed by atoms with van der Waals surface area (Å²) in [5.74, 6) is 0.213. The van der Waals surface area contributed by atoms with Gasteiger partial charge in [0.25, 0.3) is 0 Å². The first-order valence-electron chi connectivity index (χ1n) is 5.03. The Labute approximate surface area is 93.8 Å². The Morgan fingerprint density at radius 1 is 1.56 bits per heavy atom. The molecule has 0 radical (unpaired) electrons. The number of rotatable bonds is 5. The van der Waals surface area contributed by atoms with Crippen LogP contribution in [0.4, 0.5) is 5.69 Å². The van der Waals surface area contributed by atoms with Gasteiger partial charge in [-0.2, -0.15) is 0 Å². The highest BCUT2D eigenvalue weighted by molar-refractivity contribution is 5.48. The molecule has 88 valence electrons. The summed E-state index contributed by atoms with van der Waals surface area (Å²) in [5, 5.41) is 19.6. The molecule has 0 fully saturated rings. The second-order valence-corrected chi connectivity index (χ2v) is 3.83. The Hall–Kier alpha value is -1.62. The zero-order chi connectivity index (χ0) is 12.1. The quantitative estimate of drug-likeness (QED) is 0.613. The van der Waals surface area contributed by atoms with E-state index in [-0.39, 0.29) is 30.6 Å². The van der Waals surface area contributed by atoms with Crippen LogP contribution in [0.3, 0.4) is 0 Å². The van der Waals surface area contributed by atoms with Gasteiger partial charge in [0.15, 0.2) is 5.75 Å². The molecular formula is C11H15NO4. The number of aliphatic hydroxyl groups is 1. The van der Waals surface area contributed by atoms with Crippen molar-refractivity contribution in [2.75, 3.05) is 13.2 Å². The van der Waals surface area contributed by atoms with Crippen LogP contribution in [0.2, 0.25) is 0 Å². The van der Waals surface area contributed by atoms with E-state index >= 15 is 0 Å². The normalized spacial score (nSPS) is 12.2. The van der Waals surface area contributed by atoms with E-state index in [1.54, 1.807) is 12.1 Å². The summed E-state index contributed by atoms with van der Waals surface area (Å²) in [6, 6.07) is 4.72. The van der Waals surface area contributed by atoms with Crippen LogP contribution in [-0.4, -0.2) is 23.2 Å². The third-order valence-electron chi connectivity index (χ3n) is 2.15. The molecule has 0 saturated carbocycles. The second-order valence-electron chi connectivity index (χ2n) is 3.83. The van der Waals surface area contributed by atoms with Crippen molar-refractivity contribution in [3.05, 3.63) is 33.9 Å². The lowest BCUT2D eigenvalue weighted by molar-refractivity contribution is -0.385. The van der Waals surface area contributed by atoms with Crippen LogP contribution in [-0.2, 0) is 0 Å². The molecular weight excluding hydrogens is 210 g/mol. The maximum atomic E-state index is 10.7. The third-order valence-corrected chi connectivity index (χ3v) is 2.15. The first-order chi connectivity index (χ1) is 7.54. The molecule has 0 aromatic heterocycles. The molecule has 0 amide bonds. The summed E-state index contributed by atoms with van der Waals surface area (Å²) in [5.41, 5.74) is 0.855. The highest BCUT2D eigenvalue weighted by Gasteiger charge is 2.15. The molecule has 1 N–H and O–H groups in total. The predicted molar refractivity (Wildman–Crippen MR) is 59.6 cm³/mol. The van der Waals surface area contributed by atoms with Crippen LogP contribution in [0.25, 0.3) is 0 Å². The molecule has 1 unspecified atom stereocenters. The van der Waals surface area contributed by atoms with Crippen molar-refractivity contribution in [1.29, 1.82) is 0 Å². The number of nitrogens with zero attached hydrogens (tertiary/aromatic N) is 1. The third kappa shape index (κ3) is 3.20. The number of aliphatic hydroxyl groups excluding tert-OH is 1. The average molecular weight is 225 g/mol. The van der Waals surface area contributed by atoms with Crippen LogP contribution in [0.5, 0.6) is 5.75 Å². The molecule has 1 aromatic rings. The lowest BCUT2D eigenvalue weighted by Gasteiger charge is -2.10. The summed E-state index contributed by atoms with van der Waals surface area (Å²) >= 11 is 0. The van der Waals surface area contributed by atoms with Gasteiger partial charge in [-0.25, -0.2) is 0 Å². The number of ether oxygens (including phenoxy) is 1. The Balaban J connectivity index is 2.84. The van der Waals surface area contributed by atoms with E-state index in [1.165, 1.54) is 6.07 Å². The summed E-state index contributed by atoms with van der Waals surface area (Å²) in [4.78, 5) is 10.2. The molecule has 0 aliphatic rings. The Bertz CT molecular complexity index is 378. The fourth-order valence-corrected chi connectivity index (χ4v) is 1.17. The molecule has 0 saturated heterocycles. The molecule has 0 heterocycles. The minimum Gasteiger partial charge on any atom is -0.486 e. The maximum Gasteiger partial charge on any atom is 0.310 e.